The summed E-state index contributed by atoms with van der Waals surface area (Å²) < 4.78 is 0. The van der Waals surface area contributed by atoms with Gasteiger partial charge in [-0.1, -0.05) is 87.8 Å². The van der Waals surface area contributed by atoms with E-state index in [0.29, 0.717) is 17.8 Å². The fraction of sp³-hybridized carbons (Fsp3) is 0.792. The summed E-state index contributed by atoms with van der Waals surface area (Å²) in [5.41, 5.74) is 0.945. The largest absolute Gasteiger partial charge is 0.326 e. The minimum Gasteiger partial charge on any atom is -0.326 e. The minimum absolute atomic E-state index is 0.171. The summed E-state index contributed by atoms with van der Waals surface area (Å²) in [4.78, 5) is 12.6. The minimum atomic E-state index is 0.171. The van der Waals surface area contributed by atoms with E-state index in [4.69, 9.17) is 0 Å². The molecule has 0 heterocycles. The molecule has 2 heteroatoms. The molecule has 1 saturated carbocycles. The van der Waals surface area contributed by atoms with Gasteiger partial charge in [0.25, 0.3) is 0 Å². The van der Waals surface area contributed by atoms with Crippen molar-refractivity contribution in [2.75, 3.05) is 0 Å². The van der Waals surface area contributed by atoms with Crippen molar-refractivity contribution in [3.05, 3.63) is 23.9 Å². The zero-order valence-corrected chi connectivity index (χ0v) is 19.8. The van der Waals surface area contributed by atoms with Gasteiger partial charge in [0.1, 0.15) is 0 Å². The van der Waals surface area contributed by atoms with Gasteiger partial charge in [0, 0.05) is 11.6 Å². The molecule has 0 radical (unpaired) electrons. The molecule has 0 spiro atoms. The lowest BCUT2D eigenvalue weighted by Crippen LogP contribution is -2.39. The number of allylic oxidation sites excluding steroid dienone is 3. The van der Waals surface area contributed by atoms with Crippen molar-refractivity contribution in [3.63, 3.8) is 0 Å². The third kappa shape index (κ3) is 12.3. The van der Waals surface area contributed by atoms with E-state index >= 15 is 0 Å². The zero-order valence-electron chi connectivity index (χ0n) is 19.8. The van der Waals surface area contributed by atoms with Crippen LogP contribution in [-0.4, -0.2) is 5.91 Å². The van der Waals surface area contributed by atoms with E-state index in [1.54, 1.807) is 0 Å². The number of hydrogen-bond acceptors (Lipinski definition) is 1. The molecule has 1 fully saturated rings. The second-order valence-corrected chi connectivity index (χ2v) is 6.49. The van der Waals surface area contributed by atoms with Gasteiger partial charge in [0.2, 0.25) is 5.91 Å². The van der Waals surface area contributed by atoms with Crippen LogP contribution in [0.1, 0.15) is 102 Å². The molecule has 1 rings (SSSR count). The molecule has 26 heavy (non-hydrogen) atoms. The monoisotopic (exact) mass is 367 g/mol. The zero-order chi connectivity index (χ0) is 21.1. The summed E-state index contributed by atoms with van der Waals surface area (Å²) in [6, 6.07) is 0. The first-order valence-electron chi connectivity index (χ1n) is 11.1. The van der Waals surface area contributed by atoms with Crippen LogP contribution in [0.2, 0.25) is 0 Å². The molecular weight excluding hydrogens is 318 g/mol. The number of carbonyl (C=O) groups is 1. The van der Waals surface area contributed by atoms with Crippen LogP contribution in [-0.2, 0) is 4.79 Å². The lowest BCUT2D eigenvalue weighted by Gasteiger charge is -2.36. The van der Waals surface area contributed by atoms with Gasteiger partial charge in [-0.3, -0.25) is 4.79 Å². The molecule has 3 atom stereocenters. The number of carbonyl (C=O) groups excluding carboxylic acids is 1. The van der Waals surface area contributed by atoms with Gasteiger partial charge in [-0.15, -0.1) is 0 Å². The van der Waals surface area contributed by atoms with Crippen LogP contribution in [0.15, 0.2) is 23.9 Å². The van der Waals surface area contributed by atoms with Crippen molar-refractivity contribution in [2.24, 2.45) is 23.7 Å². The van der Waals surface area contributed by atoms with Crippen LogP contribution in [0.3, 0.4) is 0 Å². The highest BCUT2D eigenvalue weighted by molar-refractivity contribution is 5.81. The average molecular weight is 368 g/mol. The van der Waals surface area contributed by atoms with Crippen LogP contribution in [0.5, 0.6) is 0 Å². The standard InChI is InChI=1S/C18H31NO.3C2H6/c1-6-8-15(9-7-2)19-18(20)17-12-14(5)10-11-16(17)13(3)4;3*1-2/h6,8-9,13-14,16-17H,7,10-12H2,1-5H3,(H,19,20);3*1-2H3/b8-6-,15-9+;;;. The van der Waals surface area contributed by atoms with E-state index in [9.17, 15) is 4.79 Å². The Kier molecular flexibility index (Phi) is 23.2. The molecule has 156 valence electrons. The topological polar surface area (TPSA) is 29.1 Å². The first kappa shape index (κ1) is 29.7. The first-order valence-corrected chi connectivity index (χ1v) is 11.1. The lowest BCUT2D eigenvalue weighted by atomic mass is 9.70. The molecule has 1 aliphatic carbocycles. The van der Waals surface area contributed by atoms with Crippen LogP contribution >= 0.6 is 0 Å². The maximum atomic E-state index is 12.6. The molecule has 0 aromatic carbocycles. The molecule has 1 N–H and O–H groups in total. The number of hydrogen-bond donors (Lipinski definition) is 1. The normalized spacial score (nSPS) is 22.3. The van der Waals surface area contributed by atoms with Gasteiger partial charge in [-0.25, -0.2) is 0 Å². The van der Waals surface area contributed by atoms with Crippen molar-refractivity contribution in [1.29, 1.82) is 0 Å². The van der Waals surface area contributed by atoms with Gasteiger partial charge in [-0.05, 0) is 50.0 Å². The summed E-state index contributed by atoms with van der Waals surface area (Å²) in [5.74, 6) is 2.16. The summed E-state index contributed by atoms with van der Waals surface area (Å²) in [6.45, 7) is 22.8. The molecule has 3 unspecified atom stereocenters. The molecule has 0 bridgehead atoms. The van der Waals surface area contributed by atoms with Gasteiger partial charge in [0.15, 0.2) is 0 Å². The second-order valence-electron chi connectivity index (χ2n) is 6.49. The van der Waals surface area contributed by atoms with Crippen LogP contribution in [0.25, 0.3) is 0 Å². The molecule has 0 aliphatic heterocycles. The lowest BCUT2D eigenvalue weighted by molar-refractivity contribution is -0.128. The van der Waals surface area contributed by atoms with Crippen LogP contribution < -0.4 is 5.32 Å². The highest BCUT2D eigenvalue weighted by Gasteiger charge is 2.35. The Hall–Kier alpha value is -1.05. The van der Waals surface area contributed by atoms with Gasteiger partial charge < -0.3 is 5.32 Å². The summed E-state index contributed by atoms with van der Waals surface area (Å²) in [5, 5.41) is 3.13. The average Bonchev–Trinajstić information content (AvgIpc) is 2.66. The first-order chi connectivity index (χ1) is 12.5. The Morgan fingerprint density at radius 2 is 1.62 bits per heavy atom. The maximum absolute atomic E-state index is 12.6. The highest BCUT2D eigenvalue weighted by Crippen LogP contribution is 2.38. The Morgan fingerprint density at radius 3 is 2.04 bits per heavy atom. The molecule has 0 saturated heterocycles. The highest BCUT2D eigenvalue weighted by atomic mass is 16.1. The van der Waals surface area contributed by atoms with Crippen LogP contribution in [0, 0.1) is 23.7 Å². The molecule has 2 nitrogen and oxygen atoms in total. The Labute approximate surface area is 165 Å². The van der Waals surface area contributed by atoms with Crippen molar-refractivity contribution >= 4 is 5.91 Å². The molecular formula is C24H49NO. The Morgan fingerprint density at radius 1 is 1.08 bits per heavy atom. The van der Waals surface area contributed by atoms with E-state index in [0.717, 1.165) is 18.5 Å². The smallest absolute Gasteiger partial charge is 0.227 e. The quantitative estimate of drug-likeness (QED) is 0.494. The van der Waals surface area contributed by atoms with E-state index in [2.05, 4.69) is 39.1 Å². The van der Waals surface area contributed by atoms with Crippen molar-refractivity contribution in [3.8, 4) is 0 Å². The van der Waals surface area contributed by atoms with Gasteiger partial charge in [-0.2, -0.15) is 0 Å². The number of nitrogens with one attached hydrogen (secondary N) is 1. The molecule has 0 aromatic heterocycles. The molecule has 1 amide bonds. The van der Waals surface area contributed by atoms with Crippen LogP contribution in [0.4, 0.5) is 0 Å². The van der Waals surface area contributed by atoms with Crippen molar-refractivity contribution in [1.82, 2.24) is 5.32 Å². The van der Waals surface area contributed by atoms with E-state index in [-0.39, 0.29) is 11.8 Å². The predicted molar refractivity (Wildman–Crippen MR) is 120 cm³/mol. The second kappa shape index (κ2) is 20.3. The van der Waals surface area contributed by atoms with Crippen molar-refractivity contribution in [2.45, 2.75) is 102 Å². The maximum Gasteiger partial charge on any atom is 0.227 e. The summed E-state index contributed by atoms with van der Waals surface area (Å²) >= 11 is 0. The Bertz CT molecular complexity index is 368. The van der Waals surface area contributed by atoms with Crippen molar-refractivity contribution < 1.29 is 4.79 Å². The summed E-state index contributed by atoms with van der Waals surface area (Å²) in [7, 11) is 0. The summed E-state index contributed by atoms with van der Waals surface area (Å²) in [6.07, 6.45) is 10.5. The SMILES string of the molecule is C/C=C\C(=C/CC)NC(=O)C1CC(C)CCC1C(C)C.CC.CC.CC. The van der Waals surface area contributed by atoms with E-state index < -0.39 is 0 Å². The number of amides is 1. The number of rotatable bonds is 5. The van der Waals surface area contributed by atoms with E-state index in [1.165, 1.54) is 12.8 Å². The van der Waals surface area contributed by atoms with Gasteiger partial charge >= 0.3 is 0 Å². The molecule has 1 aliphatic rings. The third-order valence-electron chi connectivity index (χ3n) is 4.40. The van der Waals surface area contributed by atoms with Gasteiger partial charge in [0.05, 0.1) is 0 Å². The Balaban J connectivity index is -0.000000795. The fourth-order valence-corrected chi connectivity index (χ4v) is 3.30. The van der Waals surface area contributed by atoms with E-state index in [1.807, 2.05) is 60.6 Å². The fourth-order valence-electron chi connectivity index (χ4n) is 3.30. The third-order valence-corrected chi connectivity index (χ3v) is 4.40. The predicted octanol–water partition coefficient (Wildman–Crippen LogP) is 7.76. The molecule has 0 aromatic rings.